The predicted molar refractivity (Wildman–Crippen MR) is 115 cm³/mol. The first-order valence-corrected chi connectivity index (χ1v) is 9.39. The van der Waals surface area contributed by atoms with Crippen LogP contribution in [0.3, 0.4) is 0 Å². The molecule has 0 saturated carbocycles. The van der Waals surface area contributed by atoms with Crippen molar-refractivity contribution in [3.8, 4) is 0 Å². The third-order valence-electron chi connectivity index (χ3n) is 4.04. The molecule has 0 bridgehead atoms. The molecule has 8 nitrogen and oxygen atoms in total. The Hall–Kier alpha value is -2.65. The number of fused-ring (bicyclic) bond motifs is 1. The molecule has 2 atom stereocenters. The lowest BCUT2D eigenvalue weighted by molar-refractivity contribution is -0.138. The minimum atomic E-state index is -1.06. The first-order chi connectivity index (χ1) is 13.4. The van der Waals surface area contributed by atoms with E-state index in [9.17, 15) is 9.59 Å². The Morgan fingerprint density at radius 1 is 1.17 bits per heavy atom. The number of pyridine rings is 1. The topological polar surface area (TPSA) is 135 Å². The fraction of sp³-hybridized carbons (Fsp3) is 0.450. The second-order valence-electron chi connectivity index (χ2n) is 7.97. The number of aromatic nitrogens is 1. The molecular formula is C20H30BN3O5. The van der Waals surface area contributed by atoms with Gasteiger partial charge in [0.15, 0.2) is 0 Å². The van der Waals surface area contributed by atoms with E-state index in [4.69, 9.17) is 20.6 Å². The lowest BCUT2D eigenvalue weighted by atomic mass is 9.68. The number of benzene rings is 1. The number of carboxylic acids is 1. The normalized spacial score (nSPS) is 13.1. The van der Waals surface area contributed by atoms with Gasteiger partial charge in [0.2, 0.25) is 0 Å². The van der Waals surface area contributed by atoms with Crippen molar-refractivity contribution in [1.29, 1.82) is 0 Å². The summed E-state index contributed by atoms with van der Waals surface area (Å²) in [6, 6.07) is 10.4. The monoisotopic (exact) mass is 403 g/mol. The number of hydrogen-bond donors (Lipinski definition) is 4. The third kappa shape index (κ3) is 8.49. The maximum Gasteiger partial charge on any atom is 0.413 e. The quantitative estimate of drug-likeness (QED) is 0.564. The van der Waals surface area contributed by atoms with Crippen molar-refractivity contribution in [3.63, 3.8) is 0 Å². The molecule has 0 spiro atoms. The Morgan fingerprint density at radius 3 is 2.28 bits per heavy atom. The fourth-order valence-corrected chi connectivity index (χ4v) is 2.47. The van der Waals surface area contributed by atoms with Crippen LogP contribution in [0.5, 0.6) is 0 Å². The molecule has 0 aliphatic heterocycles. The molecule has 29 heavy (non-hydrogen) atoms. The van der Waals surface area contributed by atoms with Crippen LogP contribution in [0.15, 0.2) is 36.4 Å². The van der Waals surface area contributed by atoms with E-state index in [0.29, 0.717) is 5.82 Å². The summed E-state index contributed by atoms with van der Waals surface area (Å²) in [4.78, 5) is 26.3. The van der Waals surface area contributed by atoms with Crippen molar-refractivity contribution in [2.45, 2.75) is 52.1 Å². The van der Waals surface area contributed by atoms with Crippen LogP contribution in [0, 0.1) is 5.92 Å². The number of carbonyl (C=O) groups is 2. The van der Waals surface area contributed by atoms with E-state index in [2.05, 4.69) is 10.3 Å². The molecule has 0 fully saturated rings. The van der Waals surface area contributed by atoms with Gasteiger partial charge in [-0.05, 0) is 50.7 Å². The molecule has 2 rings (SSSR count). The highest BCUT2D eigenvalue weighted by atomic mass is 16.6. The number of nitrogens with zero attached hydrogens (tertiary/aromatic N) is 1. The zero-order valence-corrected chi connectivity index (χ0v) is 17.5. The van der Waals surface area contributed by atoms with Gasteiger partial charge in [0, 0.05) is 5.39 Å². The fourth-order valence-electron chi connectivity index (χ4n) is 2.47. The van der Waals surface area contributed by atoms with E-state index < -0.39 is 23.7 Å². The average Bonchev–Trinajstić information content (AvgIpc) is 2.60. The number of rotatable bonds is 5. The standard InChI is InChI=1S/C14H16N2O2.C6H14BNO3/c1-14(2,3)18-13(17)16-12-9-8-10-6-4-5-7-11(10)15-12;1-3(2)4(7-11)5(8)6(9)10/h4-9H,1-3H3,(H,15,16,17);3-5,7,11H,8H2,1-2H3,(H,9,10)/t;4?,5-/m.0/s1. The van der Waals surface area contributed by atoms with Gasteiger partial charge in [0.05, 0.1) is 5.52 Å². The second-order valence-corrected chi connectivity index (χ2v) is 7.97. The Kier molecular flexibility index (Phi) is 9.07. The van der Waals surface area contributed by atoms with Gasteiger partial charge in [0.25, 0.3) is 7.48 Å². The number of nitrogens with two attached hydrogens (primary N) is 1. The number of amides is 1. The summed E-state index contributed by atoms with van der Waals surface area (Å²) in [6.45, 7) is 9.13. The van der Waals surface area contributed by atoms with Crippen molar-refractivity contribution in [1.82, 2.24) is 4.98 Å². The van der Waals surface area contributed by atoms with Crippen LogP contribution in [-0.4, -0.2) is 46.3 Å². The summed E-state index contributed by atoms with van der Waals surface area (Å²) in [6.07, 6.45) is -0.495. The summed E-state index contributed by atoms with van der Waals surface area (Å²) < 4.78 is 5.16. The smallest absolute Gasteiger partial charge is 0.413 e. The van der Waals surface area contributed by atoms with Crippen molar-refractivity contribution >= 4 is 36.3 Å². The Balaban J connectivity index is 0.000000331. The number of hydrogen-bond acceptors (Lipinski definition) is 6. The molecule has 5 N–H and O–H groups in total. The number of carboxylic acid groups (broad SMARTS) is 1. The van der Waals surface area contributed by atoms with Crippen LogP contribution < -0.4 is 11.1 Å². The number of ether oxygens (including phenoxy) is 1. The van der Waals surface area contributed by atoms with Crippen LogP contribution in [0.25, 0.3) is 10.9 Å². The van der Waals surface area contributed by atoms with Crippen molar-refractivity contribution in [2.75, 3.05) is 5.32 Å². The van der Waals surface area contributed by atoms with Gasteiger partial charge < -0.3 is 20.6 Å². The van der Waals surface area contributed by atoms with Crippen LogP contribution >= 0.6 is 0 Å². The summed E-state index contributed by atoms with van der Waals surface area (Å²) in [7, 11) is -0.175. The average molecular weight is 403 g/mol. The van der Waals surface area contributed by atoms with Gasteiger partial charge in [-0.1, -0.05) is 32.0 Å². The van der Waals surface area contributed by atoms with Crippen LogP contribution in [-0.2, 0) is 9.53 Å². The zero-order valence-electron chi connectivity index (χ0n) is 17.5. The minimum absolute atomic E-state index is 0.0890. The zero-order chi connectivity index (χ0) is 22.2. The number of nitrogens with one attached hydrogen (secondary N) is 1. The third-order valence-corrected chi connectivity index (χ3v) is 4.04. The van der Waals surface area contributed by atoms with Gasteiger partial charge in [-0.15, -0.1) is 0 Å². The Morgan fingerprint density at radius 2 is 1.79 bits per heavy atom. The van der Waals surface area contributed by atoms with Gasteiger partial charge in [-0.3, -0.25) is 10.1 Å². The van der Waals surface area contributed by atoms with Gasteiger partial charge in [-0.25, -0.2) is 9.78 Å². The summed E-state index contributed by atoms with van der Waals surface area (Å²) in [5, 5.41) is 20.9. The molecule has 1 aromatic carbocycles. The highest BCUT2D eigenvalue weighted by Crippen LogP contribution is 2.18. The van der Waals surface area contributed by atoms with Crippen LogP contribution in [0.2, 0.25) is 5.82 Å². The number of anilines is 1. The number of para-hydroxylation sites is 1. The maximum atomic E-state index is 11.6. The first kappa shape index (κ1) is 24.4. The highest BCUT2D eigenvalue weighted by Gasteiger charge is 2.27. The van der Waals surface area contributed by atoms with Gasteiger partial charge in [-0.2, -0.15) is 0 Å². The van der Waals surface area contributed by atoms with E-state index in [1.807, 2.05) is 65.0 Å². The van der Waals surface area contributed by atoms with E-state index in [0.717, 1.165) is 10.9 Å². The van der Waals surface area contributed by atoms with Crippen LogP contribution in [0.1, 0.15) is 34.6 Å². The Bertz CT molecular complexity index is 823. The van der Waals surface area contributed by atoms with Crippen molar-refractivity contribution < 1.29 is 24.5 Å². The predicted octanol–water partition coefficient (Wildman–Crippen LogP) is 2.77. The molecule has 2 aromatic rings. The molecule has 9 heteroatoms. The molecule has 0 radical (unpaired) electrons. The SMILES string of the molecule is CC(C)(C)OC(=O)Nc1ccc2ccccc2n1.CC(C)C(BO)[C@H](N)C(=O)O. The molecule has 1 amide bonds. The minimum Gasteiger partial charge on any atom is -0.480 e. The molecular weight excluding hydrogens is 373 g/mol. The van der Waals surface area contributed by atoms with E-state index in [1.54, 1.807) is 6.07 Å². The molecule has 0 aliphatic rings. The molecule has 1 heterocycles. The van der Waals surface area contributed by atoms with Crippen molar-refractivity contribution in [2.24, 2.45) is 11.7 Å². The largest absolute Gasteiger partial charge is 0.480 e. The van der Waals surface area contributed by atoms with Crippen LogP contribution in [0.4, 0.5) is 10.6 Å². The van der Waals surface area contributed by atoms with Gasteiger partial charge in [0.1, 0.15) is 17.5 Å². The summed E-state index contributed by atoms with van der Waals surface area (Å²) in [5.74, 6) is -0.834. The first-order valence-electron chi connectivity index (χ1n) is 9.39. The van der Waals surface area contributed by atoms with Gasteiger partial charge >= 0.3 is 12.1 Å². The van der Waals surface area contributed by atoms with E-state index in [-0.39, 0.29) is 19.2 Å². The molecule has 158 valence electrons. The maximum absolute atomic E-state index is 11.6. The lowest BCUT2D eigenvalue weighted by Crippen LogP contribution is -2.39. The highest BCUT2D eigenvalue weighted by molar-refractivity contribution is 6.29. The summed E-state index contributed by atoms with van der Waals surface area (Å²) >= 11 is 0. The molecule has 0 saturated heterocycles. The second kappa shape index (κ2) is 10.8. The molecule has 1 unspecified atom stereocenters. The lowest BCUT2D eigenvalue weighted by Gasteiger charge is -2.20. The Labute approximate surface area is 171 Å². The van der Waals surface area contributed by atoms with E-state index in [1.165, 1.54) is 0 Å². The molecule has 0 aliphatic carbocycles. The number of aliphatic carboxylic acids is 1. The van der Waals surface area contributed by atoms with E-state index >= 15 is 0 Å². The molecule has 1 aromatic heterocycles. The van der Waals surface area contributed by atoms with Crippen molar-refractivity contribution in [3.05, 3.63) is 36.4 Å². The summed E-state index contributed by atoms with van der Waals surface area (Å²) in [5.41, 5.74) is 5.64. The number of carbonyl (C=O) groups excluding carboxylic acids is 1.